The minimum atomic E-state index is -0.0529. The number of amides is 1. The minimum Gasteiger partial charge on any atom is -0.456 e. The molecule has 1 aliphatic rings. The summed E-state index contributed by atoms with van der Waals surface area (Å²) in [4.78, 5) is 21.0. The third kappa shape index (κ3) is 3.51. The lowest BCUT2D eigenvalue weighted by molar-refractivity contribution is 0.0573. The van der Waals surface area contributed by atoms with Crippen LogP contribution in [0.4, 0.5) is 0 Å². The van der Waals surface area contributed by atoms with Crippen LogP contribution < -0.4 is 0 Å². The molecule has 0 N–H and O–H groups in total. The van der Waals surface area contributed by atoms with Gasteiger partial charge in [0.05, 0.1) is 6.54 Å². The summed E-state index contributed by atoms with van der Waals surface area (Å²) >= 11 is 0. The Labute approximate surface area is 141 Å². The molecule has 2 aromatic rings. The predicted octanol–water partition coefficient (Wildman–Crippen LogP) is 2.32. The van der Waals surface area contributed by atoms with Gasteiger partial charge in [0, 0.05) is 32.1 Å². The van der Waals surface area contributed by atoms with Crippen LogP contribution in [-0.2, 0) is 6.54 Å². The van der Waals surface area contributed by atoms with Crippen LogP contribution in [0.15, 0.2) is 15.0 Å². The first-order chi connectivity index (χ1) is 11.4. The molecular formula is C17H24N4O3. The maximum absolute atomic E-state index is 12.7. The highest BCUT2D eigenvalue weighted by atomic mass is 16.5. The maximum atomic E-state index is 12.7. The van der Waals surface area contributed by atoms with E-state index < -0.39 is 0 Å². The quantitative estimate of drug-likeness (QED) is 0.855. The normalized spacial score (nSPS) is 18.8. The van der Waals surface area contributed by atoms with Crippen molar-refractivity contribution in [3.05, 3.63) is 34.9 Å². The molecule has 7 heteroatoms. The number of hydrogen-bond donors (Lipinski definition) is 0. The van der Waals surface area contributed by atoms with Gasteiger partial charge in [-0.2, -0.15) is 4.98 Å². The molecule has 0 radical (unpaired) electrons. The Balaban J connectivity index is 1.65. The van der Waals surface area contributed by atoms with Gasteiger partial charge in [0.1, 0.15) is 5.76 Å². The summed E-state index contributed by atoms with van der Waals surface area (Å²) in [5, 5.41) is 3.95. The van der Waals surface area contributed by atoms with E-state index in [1.54, 1.807) is 11.8 Å². The summed E-state index contributed by atoms with van der Waals surface area (Å²) in [6.45, 7) is 7.98. The Morgan fingerprint density at radius 1 is 1.42 bits per heavy atom. The average molecular weight is 332 g/mol. The lowest BCUT2D eigenvalue weighted by atomic mass is 10.0. The molecule has 1 saturated heterocycles. The van der Waals surface area contributed by atoms with Gasteiger partial charge in [0.15, 0.2) is 11.6 Å². The van der Waals surface area contributed by atoms with Gasteiger partial charge in [0.25, 0.3) is 5.91 Å². The lowest BCUT2D eigenvalue weighted by Gasteiger charge is -2.36. The van der Waals surface area contributed by atoms with E-state index >= 15 is 0 Å². The van der Waals surface area contributed by atoms with Crippen LogP contribution in [0.3, 0.4) is 0 Å². The molecule has 1 fully saturated rings. The van der Waals surface area contributed by atoms with E-state index in [9.17, 15) is 4.79 Å². The number of aromatic nitrogens is 2. The predicted molar refractivity (Wildman–Crippen MR) is 87.6 cm³/mol. The molecule has 0 bridgehead atoms. The molecule has 1 unspecified atom stereocenters. The summed E-state index contributed by atoms with van der Waals surface area (Å²) < 4.78 is 10.6. The number of hydrogen-bond acceptors (Lipinski definition) is 6. The van der Waals surface area contributed by atoms with Crippen LogP contribution >= 0.6 is 0 Å². The van der Waals surface area contributed by atoms with Crippen molar-refractivity contribution >= 4 is 5.91 Å². The smallest absolute Gasteiger partial charge is 0.289 e. The van der Waals surface area contributed by atoms with Gasteiger partial charge < -0.3 is 13.8 Å². The zero-order valence-corrected chi connectivity index (χ0v) is 14.7. The van der Waals surface area contributed by atoms with Crippen molar-refractivity contribution in [3.63, 3.8) is 0 Å². The molecule has 130 valence electrons. The number of piperidine rings is 1. The molecular weight excluding hydrogens is 308 g/mol. The summed E-state index contributed by atoms with van der Waals surface area (Å²) in [7, 11) is 1.85. The van der Waals surface area contributed by atoms with Gasteiger partial charge in [-0.25, -0.2) is 0 Å². The van der Waals surface area contributed by atoms with Crippen molar-refractivity contribution in [3.8, 4) is 0 Å². The second-order valence-corrected chi connectivity index (χ2v) is 6.55. The molecule has 1 atom stereocenters. The Morgan fingerprint density at radius 2 is 2.21 bits per heavy atom. The topological polar surface area (TPSA) is 75.6 Å². The van der Waals surface area contributed by atoms with Crippen LogP contribution in [0, 0.1) is 20.8 Å². The SMILES string of the molecule is Cc1cc(C)c(C(=O)N(C)C2CCCN(Cc3noc(C)n3)C2)o1. The van der Waals surface area contributed by atoms with E-state index in [0.717, 1.165) is 37.3 Å². The fourth-order valence-corrected chi connectivity index (χ4v) is 3.28. The van der Waals surface area contributed by atoms with Crippen molar-refractivity contribution in [2.45, 2.75) is 46.2 Å². The first-order valence-electron chi connectivity index (χ1n) is 8.29. The van der Waals surface area contributed by atoms with E-state index in [-0.39, 0.29) is 11.9 Å². The second-order valence-electron chi connectivity index (χ2n) is 6.55. The Hall–Kier alpha value is -2.15. The third-order valence-electron chi connectivity index (χ3n) is 4.52. The number of likely N-dealkylation sites (N-methyl/N-ethyl adjacent to an activating group) is 1. The van der Waals surface area contributed by atoms with Crippen molar-refractivity contribution in [2.24, 2.45) is 0 Å². The van der Waals surface area contributed by atoms with Gasteiger partial charge in [-0.3, -0.25) is 9.69 Å². The summed E-state index contributed by atoms with van der Waals surface area (Å²) in [5.74, 6) is 2.43. The molecule has 1 amide bonds. The first kappa shape index (κ1) is 16.7. The number of furan rings is 1. The van der Waals surface area contributed by atoms with Gasteiger partial charge in [-0.15, -0.1) is 0 Å². The molecule has 7 nitrogen and oxygen atoms in total. The van der Waals surface area contributed by atoms with Crippen LogP contribution in [-0.4, -0.2) is 52.0 Å². The highest BCUT2D eigenvalue weighted by Crippen LogP contribution is 2.21. The molecule has 1 aliphatic heterocycles. The Kier molecular flexibility index (Phi) is 4.71. The zero-order chi connectivity index (χ0) is 17.3. The van der Waals surface area contributed by atoms with Gasteiger partial charge in [-0.1, -0.05) is 5.16 Å². The highest BCUT2D eigenvalue weighted by molar-refractivity contribution is 5.93. The number of aryl methyl sites for hydroxylation is 3. The van der Waals surface area contributed by atoms with E-state index in [4.69, 9.17) is 8.94 Å². The van der Waals surface area contributed by atoms with Crippen LogP contribution in [0.25, 0.3) is 0 Å². The van der Waals surface area contributed by atoms with E-state index in [0.29, 0.717) is 24.0 Å². The van der Waals surface area contributed by atoms with Gasteiger partial charge >= 0.3 is 0 Å². The van der Waals surface area contributed by atoms with Crippen LogP contribution in [0.5, 0.6) is 0 Å². The number of carbonyl (C=O) groups is 1. The number of nitrogens with zero attached hydrogens (tertiary/aromatic N) is 4. The molecule has 0 aromatic carbocycles. The second kappa shape index (κ2) is 6.76. The van der Waals surface area contributed by atoms with Gasteiger partial charge in [0.2, 0.25) is 5.89 Å². The summed E-state index contributed by atoms with van der Waals surface area (Å²) in [5.41, 5.74) is 0.888. The molecule has 24 heavy (non-hydrogen) atoms. The first-order valence-corrected chi connectivity index (χ1v) is 8.29. The number of rotatable bonds is 4. The third-order valence-corrected chi connectivity index (χ3v) is 4.52. The summed E-state index contributed by atoms with van der Waals surface area (Å²) in [6.07, 6.45) is 2.03. The Morgan fingerprint density at radius 3 is 2.83 bits per heavy atom. The van der Waals surface area contributed by atoms with E-state index in [1.807, 2.05) is 27.0 Å². The minimum absolute atomic E-state index is 0.0529. The fraction of sp³-hybridized carbons (Fsp3) is 0.588. The van der Waals surface area contributed by atoms with Crippen LogP contribution in [0.1, 0.15) is 46.4 Å². The molecule has 3 rings (SSSR count). The van der Waals surface area contributed by atoms with Crippen LogP contribution in [0.2, 0.25) is 0 Å². The van der Waals surface area contributed by atoms with Crippen molar-refractivity contribution in [1.82, 2.24) is 19.9 Å². The summed E-state index contributed by atoms with van der Waals surface area (Å²) in [6, 6.07) is 2.05. The number of carbonyl (C=O) groups excluding carboxylic acids is 1. The largest absolute Gasteiger partial charge is 0.456 e. The zero-order valence-electron chi connectivity index (χ0n) is 14.7. The molecule has 0 aliphatic carbocycles. The Bertz CT molecular complexity index is 721. The van der Waals surface area contributed by atoms with Crippen molar-refractivity contribution in [1.29, 1.82) is 0 Å². The van der Waals surface area contributed by atoms with E-state index in [1.165, 1.54) is 0 Å². The monoisotopic (exact) mass is 332 g/mol. The molecule has 0 spiro atoms. The van der Waals surface area contributed by atoms with Gasteiger partial charge in [-0.05, 0) is 39.3 Å². The fourth-order valence-electron chi connectivity index (χ4n) is 3.28. The maximum Gasteiger partial charge on any atom is 0.289 e. The highest BCUT2D eigenvalue weighted by Gasteiger charge is 2.29. The average Bonchev–Trinajstić information content (AvgIpc) is 3.11. The molecule has 2 aromatic heterocycles. The van der Waals surface area contributed by atoms with Crippen molar-refractivity contribution in [2.75, 3.05) is 20.1 Å². The molecule has 3 heterocycles. The standard InChI is InChI=1S/C17H24N4O3/c1-11-8-12(2)23-16(11)17(22)20(4)14-6-5-7-21(9-14)10-15-18-13(3)24-19-15/h8,14H,5-7,9-10H2,1-4H3. The lowest BCUT2D eigenvalue weighted by Crippen LogP contribution is -2.48. The molecule has 0 saturated carbocycles. The van der Waals surface area contributed by atoms with E-state index in [2.05, 4.69) is 15.0 Å². The number of likely N-dealkylation sites (tertiary alicyclic amines) is 1. The van der Waals surface area contributed by atoms with Crippen molar-refractivity contribution < 1.29 is 13.7 Å².